The number of ether oxygens (including phenoxy) is 1. The van der Waals surface area contributed by atoms with Crippen molar-refractivity contribution in [2.75, 3.05) is 6.61 Å². The summed E-state index contributed by atoms with van der Waals surface area (Å²) in [7, 11) is 0. The molecule has 1 amide bonds. The maximum Gasteiger partial charge on any atom is 0.264 e. The molecule has 0 radical (unpaired) electrons. The number of hydrogen-bond acceptors (Lipinski definition) is 5. The smallest absolute Gasteiger partial charge is 0.264 e. The first-order chi connectivity index (χ1) is 12.5. The highest BCUT2D eigenvalue weighted by atomic mass is 35.5. The zero-order valence-electron chi connectivity index (χ0n) is 14.2. The highest BCUT2D eigenvalue weighted by molar-refractivity contribution is 8.18. The molecule has 2 aromatic rings. The van der Waals surface area contributed by atoms with Gasteiger partial charge in [-0.05, 0) is 61.5 Å². The lowest BCUT2D eigenvalue weighted by atomic mass is 10.2. The number of rotatable bonds is 4. The standard InChI is InChI=1S/C19H17ClN2O3S/c1-3-25-15-9-12(8-14(20)17(15)23)10-16-18(24)22-19(26-16)21-13-6-4-11(2)5-7-13/h4-10,23H,3H2,1-2H3,(H,21,22,24)/b16-10+. The molecule has 2 aromatic carbocycles. The quantitative estimate of drug-likeness (QED) is 0.748. The number of amides is 1. The summed E-state index contributed by atoms with van der Waals surface area (Å²) >= 11 is 7.28. The van der Waals surface area contributed by atoms with Crippen LogP contribution in [0.3, 0.4) is 0 Å². The van der Waals surface area contributed by atoms with Crippen LogP contribution in [0.15, 0.2) is 46.3 Å². The van der Waals surface area contributed by atoms with E-state index in [1.807, 2.05) is 38.1 Å². The van der Waals surface area contributed by atoms with E-state index in [0.29, 0.717) is 22.2 Å². The SMILES string of the molecule is CCOc1cc(/C=C2/SC(=Nc3ccc(C)cc3)NC2=O)cc(Cl)c1O. The number of carbonyl (C=O) groups excluding carboxylic acids is 1. The molecule has 1 saturated heterocycles. The molecule has 1 heterocycles. The third kappa shape index (κ3) is 4.20. The number of hydrogen-bond donors (Lipinski definition) is 2. The van der Waals surface area contributed by atoms with E-state index in [2.05, 4.69) is 10.3 Å². The molecule has 0 aliphatic carbocycles. The van der Waals surface area contributed by atoms with Crippen LogP contribution in [0.2, 0.25) is 5.02 Å². The van der Waals surface area contributed by atoms with Gasteiger partial charge in [0.05, 0.1) is 22.2 Å². The Hall–Kier alpha value is -2.44. The molecule has 1 fully saturated rings. The van der Waals surface area contributed by atoms with E-state index >= 15 is 0 Å². The average Bonchev–Trinajstić information content (AvgIpc) is 2.94. The Bertz CT molecular complexity index is 908. The molecule has 0 atom stereocenters. The van der Waals surface area contributed by atoms with Gasteiger partial charge in [0.25, 0.3) is 5.91 Å². The molecule has 0 unspecified atom stereocenters. The van der Waals surface area contributed by atoms with Gasteiger partial charge in [0.15, 0.2) is 16.7 Å². The minimum absolute atomic E-state index is 0.110. The normalized spacial score (nSPS) is 17.0. The second kappa shape index (κ2) is 7.85. The van der Waals surface area contributed by atoms with Crippen LogP contribution in [0.5, 0.6) is 11.5 Å². The van der Waals surface area contributed by atoms with E-state index < -0.39 is 0 Å². The molecule has 2 N–H and O–H groups in total. The van der Waals surface area contributed by atoms with Crippen molar-refractivity contribution in [2.24, 2.45) is 4.99 Å². The highest BCUT2D eigenvalue weighted by Gasteiger charge is 2.24. The van der Waals surface area contributed by atoms with Crippen molar-refractivity contribution in [1.29, 1.82) is 0 Å². The Morgan fingerprint density at radius 1 is 1.31 bits per heavy atom. The lowest BCUT2D eigenvalue weighted by Gasteiger charge is -2.08. The summed E-state index contributed by atoms with van der Waals surface area (Å²) in [6.07, 6.45) is 1.69. The molecule has 1 aliphatic heterocycles. The first kappa shape index (κ1) is 18.4. The van der Waals surface area contributed by atoms with Crippen LogP contribution in [0.1, 0.15) is 18.1 Å². The van der Waals surface area contributed by atoms with Crippen LogP contribution in [-0.4, -0.2) is 22.8 Å². The third-order valence-corrected chi connectivity index (χ3v) is 4.76. The number of nitrogens with one attached hydrogen (secondary N) is 1. The van der Waals surface area contributed by atoms with Crippen molar-refractivity contribution < 1.29 is 14.6 Å². The van der Waals surface area contributed by atoms with Crippen LogP contribution < -0.4 is 10.1 Å². The van der Waals surface area contributed by atoms with Gasteiger partial charge in [-0.2, -0.15) is 0 Å². The zero-order chi connectivity index (χ0) is 18.7. The second-order valence-electron chi connectivity index (χ2n) is 5.60. The highest BCUT2D eigenvalue weighted by Crippen LogP contribution is 2.37. The van der Waals surface area contributed by atoms with Crippen LogP contribution in [-0.2, 0) is 4.79 Å². The zero-order valence-corrected chi connectivity index (χ0v) is 15.8. The molecule has 0 spiro atoms. The first-order valence-corrected chi connectivity index (χ1v) is 9.17. The van der Waals surface area contributed by atoms with Gasteiger partial charge in [-0.25, -0.2) is 4.99 Å². The molecule has 26 heavy (non-hydrogen) atoms. The van der Waals surface area contributed by atoms with Gasteiger partial charge in [-0.15, -0.1) is 0 Å². The maximum atomic E-state index is 12.2. The van der Waals surface area contributed by atoms with Crippen molar-refractivity contribution in [3.8, 4) is 11.5 Å². The van der Waals surface area contributed by atoms with Crippen molar-refractivity contribution in [3.63, 3.8) is 0 Å². The summed E-state index contributed by atoms with van der Waals surface area (Å²) in [6, 6.07) is 10.9. The molecule has 0 aromatic heterocycles. The van der Waals surface area contributed by atoms with Gasteiger partial charge in [0.1, 0.15) is 0 Å². The minimum Gasteiger partial charge on any atom is -0.503 e. The predicted octanol–water partition coefficient (Wildman–Crippen LogP) is 4.64. The van der Waals surface area contributed by atoms with E-state index in [-0.39, 0.29) is 22.4 Å². The van der Waals surface area contributed by atoms with E-state index in [4.69, 9.17) is 16.3 Å². The maximum absolute atomic E-state index is 12.2. The largest absolute Gasteiger partial charge is 0.503 e. The number of amidine groups is 1. The van der Waals surface area contributed by atoms with Crippen LogP contribution in [0, 0.1) is 6.92 Å². The van der Waals surface area contributed by atoms with E-state index in [1.54, 1.807) is 18.2 Å². The van der Waals surface area contributed by atoms with E-state index in [9.17, 15) is 9.90 Å². The van der Waals surface area contributed by atoms with Gasteiger partial charge in [-0.3, -0.25) is 4.79 Å². The Labute approximate surface area is 160 Å². The molecule has 7 heteroatoms. The average molecular weight is 389 g/mol. The van der Waals surface area contributed by atoms with Gasteiger partial charge in [0, 0.05) is 0 Å². The Morgan fingerprint density at radius 2 is 2.04 bits per heavy atom. The summed E-state index contributed by atoms with van der Waals surface area (Å²) in [5.41, 5.74) is 2.57. The van der Waals surface area contributed by atoms with E-state index in [0.717, 1.165) is 11.3 Å². The Kier molecular flexibility index (Phi) is 5.54. The molecule has 0 saturated carbocycles. The summed E-state index contributed by atoms with van der Waals surface area (Å²) in [4.78, 5) is 17.1. The lowest BCUT2D eigenvalue weighted by molar-refractivity contribution is -0.115. The number of phenols is 1. The number of nitrogens with zero attached hydrogens (tertiary/aromatic N) is 1. The molecule has 0 bridgehead atoms. The molecule has 134 valence electrons. The van der Waals surface area contributed by atoms with Crippen molar-refractivity contribution >= 4 is 46.2 Å². The van der Waals surface area contributed by atoms with Crippen molar-refractivity contribution in [3.05, 3.63) is 57.5 Å². The van der Waals surface area contributed by atoms with Gasteiger partial charge in [-0.1, -0.05) is 29.3 Å². The number of carbonyl (C=O) groups is 1. The van der Waals surface area contributed by atoms with Crippen LogP contribution in [0.4, 0.5) is 5.69 Å². The van der Waals surface area contributed by atoms with Gasteiger partial charge < -0.3 is 15.2 Å². The minimum atomic E-state index is -0.233. The Balaban J connectivity index is 1.86. The van der Waals surface area contributed by atoms with E-state index in [1.165, 1.54) is 11.8 Å². The molecular formula is C19H17ClN2O3S. The monoisotopic (exact) mass is 388 g/mol. The number of thioether (sulfide) groups is 1. The fourth-order valence-electron chi connectivity index (χ4n) is 2.31. The molecular weight excluding hydrogens is 372 g/mol. The fraction of sp³-hybridized carbons (Fsp3) is 0.158. The summed E-state index contributed by atoms with van der Waals surface area (Å²) in [5, 5.41) is 13.3. The first-order valence-electron chi connectivity index (χ1n) is 7.98. The van der Waals surface area contributed by atoms with Crippen molar-refractivity contribution in [1.82, 2.24) is 5.32 Å². The number of halogens is 1. The number of aromatic hydroxyl groups is 1. The van der Waals surface area contributed by atoms with Gasteiger partial charge in [0.2, 0.25) is 0 Å². The second-order valence-corrected chi connectivity index (χ2v) is 7.04. The fourth-order valence-corrected chi connectivity index (χ4v) is 3.37. The lowest BCUT2D eigenvalue weighted by Crippen LogP contribution is -2.19. The van der Waals surface area contributed by atoms with Gasteiger partial charge >= 0.3 is 0 Å². The molecule has 5 nitrogen and oxygen atoms in total. The number of benzene rings is 2. The predicted molar refractivity (Wildman–Crippen MR) is 106 cm³/mol. The molecule has 1 aliphatic rings. The number of aryl methyl sites for hydroxylation is 1. The Morgan fingerprint density at radius 3 is 2.73 bits per heavy atom. The summed E-state index contributed by atoms with van der Waals surface area (Å²) < 4.78 is 5.36. The summed E-state index contributed by atoms with van der Waals surface area (Å²) in [5.74, 6) is -0.0624. The summed E-state index contributed by atoms with van der Waals surface area (Å²) in [6.45, 7) is 4.21. The number of aliphatic imine (C=N–C) groups is 1. The topological polar surface area (TPSA) is 70.9 Å². The van der Waals surface area contributed by atoms with Crippen LogP contribution in [0.25, 0.3) is 6.08 Å². The van der Waals surface area contributed by atoms with Crippen LogP contribution >= 0.6 is 23.4 Å². The number of phenolic OH excluding ortho intramolecular Hbond substituents is 1. The van der Waals surface area contributed by atoms with Crippen molar-refractivity contribution in [2.45, 2.75) is 13.8 Å². The third-order valence-electron chi connectivity index (χ3n) is 3.56. The molecule has 3 rings (SSSR count).